The Morgan fingerprint density at radius 1 is 1.33 bits per heavy atom. The smallest absolute Gasteiger partial charge is 0.342 e. The molecule has 0 aliphatic carbocycles. The quantitative estimate of drug-likeness (QED) is 0.885. The number of nitrogens with zero attached hydrogens (tertiary/aromatic N) is 1. The number of aromatic amines is 1. The molecule has 6 nitrogen and oxygen atoms in total. The highest BCUT2D eigenvalue weighted by molar-refractivity contribution is 5.86. The highest BCUT2D eigenvalue weighted by Gasteiger charge is 2.15. The first-order valence-corrected chi connectivity index (χ1v) is 6.21. The highest BCUT2D eigenvalue weighted by Crippen LogP contribution is 2.12. The van der Waals surface area contributed by atoms with Gasteiger partial charge in [0.2, 0.25) is 0 Å². The minimum absolute atomic E-state index is 0.360. The molecule has 0 bridgehead atoms. The number of hydrogen-bond donors (Lipinski definition) is 2. The molecule has 0 spiro atoms. The topological polar surface area (TPSA) is 92.2 Å². The first-order chi connectivity index (χ1) is 9.88. The Morgan fingerprint density at radius 3 is 2.52 bits per heavy atom. The van der Waals surface area contributed by atoms with Crippen molar-refractivity contribution in [1.29, 1.82) is 0 Å². The number of hydrogen-bond acceptors (Lipinski definition) is 3. The SMILES string of the molecule is CC(Cc1ccc(F)cc1)n1cc(C(=O)O)c(=O)[nH]c1=O. The molecule has 0 aliphatic heterocycles. The molecule has 1 aromatic heterocycles. The standard InChI is InChI=1S/C14H13FN2O4/c1-8(6-9-2-4-10(15)5-3-9)17-7-11(13(19)20)12(18)16-14(17)21/h2-5,7-8H,6H2,1H3,(H,19,20)(H,16,18,21). The van der Waals surface area contributed by atoms with Gasteiger partial charge in [0, 0.05) is 12.2 Å². The monoisotopic (exact) mass is 292 g/mol. The average Bonchev–Trinajstić information content (AvgIpc) is 2.40. The summed E-state index contributed by atoms with van der Waals surface area (Å²) in [5, 5.41) is 8.91. The lowest BCUT2D eigenvalue weighted by atomic mass is 10.1. The van der Waals surface area contributed by atoms with E-state index in [0.29, 0.717) is 6.42 Å². The van der Waals surface area contributed by atoms with Crippen molar-refractivity contribution in [2.45, 2.75) is 19.4 Å². The summed E-state index contributed by atoms with van der Waals surface area (Å²) >= 11 is 0. The van der Waals surface area contributed by atoms with Crippen LogP contribution in [0, 0.1) is 5.82 Å². The molecule has 1 aromatic carbocycles. The number of carboxylic acid groups (broad SMARTS) is 1. The second-order valence-corrected chi connectivity index (χ2v) is 4.69. The number of aromatic nitrogens is 2. The molecular weight excluding hydrogens is 279 g/mol. The fourth-order valence-electron chi connectivity index (χ4n) is 2.03. The van der Waals surface area contributed by atoms with Crippen molar-refractivity contribution >= 4 is 5.97 Å². The fraction of sp³-hybridized carbons (Fsp3) is 0.214. The number of benzene rings is 1. The van der Waals surface area contributed by atoms with Crippen LogP contribution in [0.15, 0.2) is 40.1 Å². The lowest BCUT2D eigenvalue weighted by molar-refractivity contribution is 0.0693. The van der Waals surface area contributed by atoms with Gasteiger partial charge in [-0.05, 0) is 31.0 Å². The molecule has 0 aliphatic rings. The maximum absolute atomic E-state index is 12.8. The van der Waals surface area contributed by atoms with Gasteiger partial charge in [0.15, 0.2) is 0 Å². The van der Waals surface area contributed by atoms with E-state index in [0.717, 1.165) is 16.3 Å². The van der Waals surface area contributed by atoms with Gasteiger partial charge in [-0.15, -0.1) is 0 Å². The zero-order chi connectivity index (χ0) is 15.6. The molecule has 2 rings (SSSR count). The Kier molecular flexibility index (Phi) is 4.02. The second kappa shape index (κ2) is 5.74. The summed E-state index contributed by atoms with van der Waals surface area (Å²) in [6, 6.07) is 5.39. The third-order valence-electron chi connectivity index (χ3n) is 3.12. The largest absolute Gasteiger partial charge is 0.477 e. The fourth-order valence-corrected chi connectivity index (χ4v) is 2.03. The molecule has 1 heterocycles. The lowest BCUT2D eigenvalue weighted by Crippen LogP contribution is -2.35. The zero-order valence-electron chi connectivity index (χ0n) is 11.2. The first kappa shape index (κ1) is 14.7. The third kappa shape index (κ3) is 3.25. The molecule has 1 unspecified atom stereocenters. The number of carbonyl (C=O) groups is 1. The normalized spacial score (nSPS) is 12.1. The van der Waals surface area contributed by atoms with Crippen molar-refractivity contribution in [2.24, 2.45) is 0 Å². The average molecular weight is 292 g/mol. The number of rotatable bonds is 4. The Hall–Kier alpha value is -2.70. The Balaban J connectivity index is 2.34. The molecule has 110 valence electrons. The molecular formula is C14H13FN2O4. The van der Waals surface area contributed by atoms with Gasteiger partial charge in [-0.1, -0.05) is 12.1 Å². The maximum Gasteiger partial charge on any atom is 0.342 e. The Morgan fingerprint density at radius 2 is 1.95 bits per heavy atom. The first-order valence-electron chi connectivity index (χ1n) is 6.21. The highest BCUT2D eigenvalue weighted by atomic mass is 19.1. The van der Waals surface area contributed by atoms with Crippen molar-refractivity contribution in [3.63, 3.8) is 0 Å². The van der Waals surface area contributed by atoms with Gasteiger partial charge in [-0.25, -0.2) is 14.0 Å². The van der Waals surface area contributed by atoms with E-state index >= 15 is 0 Å². The summed E-state index contributed by atoms with van der Waals surface area (Å²) in [6.07, 6.45) is 1.42. The maximum atomic E-state index is 12.8. The van der Waals surface area contributed by atoms with E-state index in [4.69, 9.17) is 5.11 Å². The molecule has 2 aromatic rings. The Bertz CT molecular complexity index is 777. The van der Waals surface area contributed by atoms with Crippen LogP contribution in [0.5, 0.6) is 0 Å². The number of nitrogens with one attached hydrogen (secondary N) is 1. The zero-order valence-corrected chi connectivity index (χ0v) is 11.2. The van der Waals surface area contributed by atoms with Crippen molar-refractivity contribution < 1.29 is 14.3 Å². The molecule has 2 N–H and O–H groups in total. The summed E-state index contributed by atoms with van der Waals surface area (Å²) in [4.78, 5) is 36.0. The summed E-state index contributed by atoms with van der Waals surface area (Å²) in [5.41, 5.74) is -1.32. The summed E-state index contributed by atoms with van der Waals surface area (Å²) < 4.78 is 14.0. The molecule has 1 atom stereocenters. The van der Waals surface area contributed by atoms with E-state index in [-0.39, 0.29) is 5.82 Å². The predicted molar refractivity (Wildman–Crippen MR) is 73.1 cm³/mol. The summed E-state index contributed by atoms with van der Waals surface area (Å²) in [5.74, 6) is -1.76. The summed E-state index contributed by atoms with van der Waals surface area (Å²) in [7, 11) is 0. The molecule has 0 radical (unpaired) electrons. The van der Waals surface area contributed by atoms with Crippen LogP contribution in [-0.4, -0.2) is 20.6 Å². The molecule has 0 saturated heterocycles. The van der Waals surface area contributed by atoms with E-state index in [1.807, 2.05) is 4.98 Å². The van der Waals surface area contributed by atoms with Crippen LogP contribution in [0.25, 0.3) is 0 Å². The van der Waals surface area contributed by atoms with Gasteiger partial charge in [0.25, 0.3) is 5.56 Å². The van der Waals surface area contributed by atoms with E-state index in [2.05, 4.69) is 0 Å². The van der Waals surface area contributed by atoms with E-state index in [1.54, 1.807) is 19.1 Å². The number of carboxylic acids is 1. The number of H-pyrrole nitrogens is 1. The Labute approximate surface area is 118 Å². The molecule has 0 saturated carbocycles. The molecule has 7 heteroatoms. The van der Waals surface area contributed by atoms with E-state index in [9.17, 15) is 18.8 Å². The predicted octanol–water partition coefficient (Wildman–Crippen LogP) is 1.18. The lowest BCUT2D eigenvalue weighted by Gasteiger charge is -2.15. The third-order valence-corrected chi connectivity index (χ3v) is 3.12. The van der Waals surface area contributed by atoms with E-state index in [1.165, 1.54) is 12.1 Å². The minimum atomic E-state index is -1.40. The second-order valence-electron chi connectivity index (χ2n) is 4.69. The van der Waals surface area contributed by atoms with Crippen LogP contribution < -0.4 is 11.2 Å². The van der Waals surface area contributed by atoms with Gasteiger partial charge in [-0.3, -0.25) is 14.3 Å². The molecule has 21 heavy (non-hydrogen) atoms. The van der Waals surface area contributed by atoms with Crippen LogP contribution in [0.1, 0.15) is 28.9 Å². The minimum Gasteiger partial charge on any atom is -0.477 e. The molecule has 0 fully saturated rings. The van der Waals surface area contributed by atoms with Crippen LogP contribution >= 0.6 is 0 Å². The van der Waals surface area contributed by atoms with Gasteiger partial charge in [-0.2, -0.15) is 0 Å². The van der Waals surface area contributed by atoms with Gasteiger partial charge < -0.3 is 5.11 Å². The van der Waals surface area contributed by atoms with Gasteiger partial charge in [0.1, 0.15) is 11.4 Å². The van der Waals surface area contributed by atoms with Crippen LogP contribution in [0.2, 0.25) is 0 Å². The van der Waals surface area contributed by atoms with Gasteiger partial charge >= 0.3 is 11.7 Å². The van der Waals surface area contributed by atoms with Crippen molar-refractivity contribution in [1.82, 2.24) is 9.55 Å². The summed E-state index contributed by atoms with van der Waals surface area (Å²) in [6.45, 7) is 1.70. The van der Waals surface area contributed by atoms with Crippen molar-refractivity contribution in [3.05, 3.63) is 68.2 Å². The van der Waals surface area contributed by atoms with Crippen LogP contribution in [0.4, 0.5) is 4.39 Å². The van der Waals surface area contributed by atoms with Crippen LogP contribution in [0.3, 0.4) is 0 Å². The number of halogens is 1. The number of aromatic carboxylic acids is 1. The van der Waals surface area contributed by atoms with Crippen molar-refractivity contribution in [3.8, 4) is 0 Å². The molecule has 0 amide bonds. The van der Waals surface area contributed by atoms with E-state index < -0.39 is 28.8 Å². The van der Waals surface area contributed by atoms with Crippen molar-refractivity contribution in [2.75, 3.05) is 0 Å². The van der Waals surface area contributed by atoms with Gasteiger partial charge in [0.05, 0.1) is 0 Å². The van der Waals surface area contributed by atoms with Crippen LogP contribution in [-0.2, 0) is 6.42 Å².